The third kappa shape index (κ3) is 4.15. The van der Waals surface area contributed by atoms with Gasteiger partial charge in [-0.1, -0.05) is 90.5 Å². The number of amides is 2. The Kier molecular flexibility index (Phi) is 6.05. The number of nitrogens with zero attached hydrogens (tertiary/aromatic N) is 2. The smallest absolute Gasteiger partial charge is 0.326 e. The van der Waals surface area contributed by atoms with E-state index in [0.717, 1.165) is 28.1 Å². The van der Waals surface area contributed by atoms with Crippen molar-refractivity contribution in [2.75, 3.05) is 12.0 Å². The van der Waals surface area contributed by atoms with E-state index in [2.05, 4.69) is 55.5 Å². The largest absolute Gasteiger partial charge is 0.497 e. The van der Waals surface area contributed by atoms with Crippen LogP contribution >= 0.6 is 0 Å². The number of anilines is 1. The molecule has 5 rings (SSSR count). The summed E-state index contributed by atoms with van der Waals surface area (Å²) in [6.45, 7) is 2.62. The van der Waals surface area contributed by atoms with Gasteiger partial charge in [-0.15, -0.1) is 0 Å². The van der Waals surface area contributed by atoms with E-state index in [1.54, 1.807) is 7.11 Å². The fraction of sp³-hybridized carbons (Fsp3) is 0.167. The molecule has 4 heteroatoms. The predicted molar refractivity (Wildman–Crippen MR) is 136 cm³/mol. The van der Waals surface area contributed by atoms with Crippen LogP contribution in [0.2, 0.25) is 0 Å². The highest BCUT2D eigenvalue weighted by Crippen LogP contribution is 2.48. The minimum absolute atomic E-state index is 0.00607. The maximum absolute atomic E-state index is 14.1. The lowest BCUT2D eigenvalue weighted by Crippen LogP contribution is -2.32. The average molecular weight is 449 g/mol. The number of aryl methyl sites for hydroxylation is 1. The third-order valence-electron chi connectivity index (χ3n) is 6.47. The molecule has 1 saturated heterocycles. The van der Waals surface area contributed by atoms with Crippen LogP contribution < -0.4 is 9.64 Å². The van der Waals surface area contributed by atoms with Gasteiger partial charge < -0.3 is 9.64 Å². The number of ether oxygens (including phenoxy) is 1. The number of carbonyl (C=O) groups excluding carboxylic acids is 1. The van der Waals surface area contributed by atoms with Crippen molar-refractivity contribution in [1.29, 1.82) is 0 Å². The second-order valence-electron chi connectivity index (χ2n) is 8.68. The Hall–Kier alpha value is -4.05. The van der Waals surface area contributed by atoms with Gasteiger partial charge in [0, 0.05) is 12.2 Å². The monoisotopic (exact) mass is 448 g/mol. The molecule has 0 saturated carbocycles. The van der Waals surface area contributed by atoms with Crippen molar-refractivity contribution < 1.29 is 9.53 Å². The average Bonchev–Trinajstić information content (AvgIpc) is 3.17. The van der Waals surface area contributed by atoms with Gasteiger partial charge in [0.05, 0.1) is 19.2 Å². The molecule has 170 valence electrons. The zero-order chi connectivity index (χ0) is 23.5. The molecule has 2 amide bonds. The fourth-order valence-electron chi connectivity index (χ4n) is 4.76. The van der Waals surface area contributed by atoms with Gasteiger partial charge in [0.2, 0.25) is 0 Å². The Bertz CT molecular complexity index is 1240. The normalized spacial score (nSPS) is 17.8. The number of urea groups is 1. The molecule has 0 aliphatic carbocycles. The van der Waals surface area contributed by atoms with Gasteiger partial charge in [-0.3, -0.25) is 4.90 Å². The molecule has 2 atom stereocenters. The molecule has 0 N–H and O–H groups in total. The molecule has 1 aliphatic rings. The molecule has 0 spiro atoms. The van der Waals surface area contributed by atoms with Crippen LogP contribution in [0.4, 0.5) is 10.5 Å². The summed E-state index contributed by atoms with van der Waals surface area (Å²) in [6, 6.07) is 36.5. The molecule has 1 fully saturated rings. The Balaban J connectivity index is 1.66. The first kappa shape index (κ1) is 21.8. The van der Waals surface area contributed by atoms with Crippen LogP contribution in [-0.4, -0.2) is 18.0 Å². The van der Waals surface area contributed by atoms with Crippen LogP contribution in [0.1, 0.15) is 34.3 Å². The maximum Gasteiger partial charge on any atom is 0.326 e. The Morgan fingerprint density at radius 2 is 1.29 bits per heavy atom. The molecular weight excluding hydrogens is 420 g/mol. The quantitative estimate of drug-likeness (QED) is 0.320. The number of methoxy groups -OCH3 is 1. The summed E-state index contributed by atoms with van der Waals surface area (Å²) in [5.41, 5.74) is 5.39. The van der Waals surface area contributed by atoms with E-state index in [-0.39, 0.29) is 18.1 Å². The summed E-state index contributed by atoms with van der Waals surface area (Å²) in [4.78, 5) is 18.1. The van der Waals surface area contributed by atoms with Crippen LogP contribution in [-0.2, 0) is 6.54 Å². The highest BCUT2D eigenvalue weighted by Gasteiger charge is 2.47. The predicted octanol–water partition coefficient (Wildman–Crippen LogP) is 6.93. The van der Waals surface area contributed by atoms with E-state index in [4.69, 9.17) is 4.74 Å². The van der Waals surface area contributed by atoms with Crippen LogP contribution in [0.3, 0.4) is 0 Å². The zero-order valence-corrected chi connectivity index (χ0v) is 19.5. The molecule has 4 nitrogen and oxygen atoms in total. The molecule has 0 bridgehead atoms. The van der Waals surface area contributed by atoms with Crippen molar-refractivity contribution in [3.8, 4) is 5.75 Å². The second kappa shape index (κ2) is 9.44. The molecule has 34 heavy (non-hydrogen) atoms. The van der Waals surface area contributed by atoms with E-state index in [0.29, 0.717) is 6.54 Å². The lowest BCUT2D eigenvalue weighted by molar-refractivity contribution is 0.200. The molecular formula is C30H28N2O2. The molecule has 0 radical (unpaired) electrons. The van der Waals surface area contributed by atoms with Gasteiger partial charge in [0.25, 0.3) is 0 Å². The highest BCUT2D eigenvalue weighted by atomic mass is 16.5. The van der Waals surface area contributed by atoms with E-state index in [9.17, 15) is 4.79 Å². The Labute approximate surface area is 201 Å². The van der Waals surface area contributed by atoms with Crippen molar-refractivity contribution in [1.82, 2.24) is 4.90 Å². The molecule has 1 heterocycles. The molecule has 4 aromatic rings. The van der Waals surface area contributed by atoms with Crippen molar-refractivity contribution in [2.45, 2.75) is 25.6 Å². The number of benzene rings is 4. The molecule has 0 aromatic heterocycles. The summed E-state index contributed by atoms with van der Waals surface area (Å²) in [5, 5.41) is 0. The Morgan fingerprint density at radius 1 is 0.706 bits per heavy atom. The number of carbonyl (C=O) groups is 1. The van der Waals surface area contributed by atoms with Crippen molar-refractivity contribution >= 4 is 11.7 Å². The zero-order valence-electron chi connectivity index (χ0n) is 19.5. The summed E-state index contributed by atoms with van der Waals surface area (Å²) < 4.78 is 5.36. The first-order valence-corrected chi connectivity index (χ1v) is 11.5. The summed E-state index contributed by atoms with van der Waals surface area (Å²) in [5.74, 6) is 0.767. The van der Waals surface area contributed by atoms with Gasteiger partial charge >= 0.3 is 6.03 Å². The standard InChI is InChI=1S/C30H28N2O2/c1-22-13-15-25(16-14-22)29-28(24-11-7-4-8-12-24)31(21-23-9-5-3-6-10-23)30(33)32(29)26-17-19-27(34-2)20-18-26/h3-20,28-29H,21H2,1-2H3/t28-,29-/m1/s1. The highest BCUT2D eigenvalue weighted by molar-refractivity contribution is 5.96. The first-order valence-electron chi connectivity index (χ1n) is 11.5. The first-order chi connectivity index (χ1) is 16.7. The van der Waals surface area contributed by atoms with Crippen LogP contribution in [0.15, 0.2) is 109 Å². The molecule has 0 unspecified atom stereocenters. The lowest BCUT2D eigenvalue weighted by atomic mass is 9.92. The summed E-state index contributed by atoms with van der Waals surface area (Å²) in [7, 11) is 1.65. The van der Waals surface area contributed by atoms with Gasteiger partial charge in [-0.2, -0.15) is 0 Å². The van der Waals surface area contributed by atoms with E-state index in [1.807, 2.05) is 70.5 Å². The minimum atomic E-state index is -0.174. The minimum Gasteiger partial charge on any atom is -0.497 e. The van der Waals surface area contributed by atoms with E-state index < -0.39 is 0 Å². The van der Waals surface area contributed by atoms with Crippen LogP contribution in [0.5, 0.6) is 5.75 Å². The summed E-state index contributed by atoms with van der Waals surface area (Å²) in [6.07, 6.45) is 0. The number of hydrogen-bond donors (Lipinski definition) is 0. The van der Waals surface area contributed by atoms with Crippen molar-refractivity contribution in [3.05, 3.63) is 131 Å². The molecule has 4 aromatic carbocycles. The summed E-state index contributed by atoms with van der Waals surface area (Å²) >= 11 is 0. The lowest BCUT2D eigenvalue weighted by Gasteiger charge is -2.29. The van der Waals surface area contributed by atoms with Crippen LogP contribution in [0, 0.1) is 6.92 Å². The number of hydrogen-bond acceptors (Lipinski definition) is 2. The topological polar surface area (TPSA) is 32.8 Å². The van der Waals surface area contributed by atoms with E-state index in [1.165, 1.54) is 5.56 Å². The van der Waals surface area contributed by atoms with Gasteiger partial charge in [-0.25, -0.2) is 4.79 Å². The van der Waals surface area contributed by atoms with Crippen LogP contribution in [0.25, 0.3) is 0 Å². The fourth-order valence-corrected chi connectivity index (χ4v) is 4.76. The third-order valence-corrected chi connectivity index (χ3v) is 6.47. The van der Waals surface area contributed by atoms with Gasteiger partial charge in [0.15, 0.2) is 0 Å². The SMILES string of the molecule is COc1ccc(N2C(=O)N(Cc3ccccc3)[C@H](c3ccccc3)[C@H]2c2ccc(C)cc2)cc1. The maximum atomic E-state index is 14.1. The van der Waals surface area contributed by atoms with Gasteiger partial charge in [-0.05, 0) is 47.9 Å². The van der Waals surface area contributed by atoms with E-state index >= 15 is 0 Å². The number of rotatable bonds is 6. The van der Waals surface area contributed by atoms with Crippen molar-refractivity contribution in [2.24, 2.45) is 0 Å². The molecule has 1 aliphatic heterocycles. The van der Waals surface area contributed by atoms with Gasteiger partial charge in [0.1, 0.15) is 5.75 Å². The Morgan fingerprint density at radius 3 is 1.91 bits per heavy atom. The van der Waals surface area contributed by atoms with Crippen molar-refractivity contribution in [3.63, 3.8) is 0 Å². The second-order valence-corrected chi connectivity index (χ2v) is 8.68.